The van der Waals surface area contributed by atoms with Gasteiger partial charge in [-0.2, -0.15) is 0 Å². The lowest BCUT2D eigenvalue weighted by atomic mass is 9.83. The Hall–Kier alpha value is -2.81. The second-order valence-corrected chi connectivity index (χ2v) is 6.28. The van der Waals surface area contributed by atoms with E-state index < -0.39 is 0 Å². The standard InChI is InChI=1S/C21H20N2O/c24-21-22-19(16-10-5-2-6-11-16)18-13-7-12-17(20(18)23-21)14-15-8-3-1-4-9-15/h1-6,8-11,14,19H,7,12-13H2,(H2,22,23,24)/b17-14-/t19-/m1/s1. The summed E-state index contributed by atoms with van der Waals surface area (Å²) >= 11 is 0. The Labute approximate surface area is 142 Å². The molecule has 1 aliphatic heterocycles. The molecule has 2 aromatic rings. The van der Waals surface area contributed by atoms with Crippen molar-refractivity contribution in [3.63, 3.8) is 0 Å². The molecule has 2 N–H and O–H groups in total. The van der Waals surface area contributed by atoms with Crippen LogP contribution in [0.25, 0.3) is 6.08 Å². The SMILES string of the molecule is O=C1NC2=C(CCC/C2=C/c2ccccc2)[C@@H](c2ccccc2)N1. The average Bonchev–Trinajstić information content (AvgIpc) is 2.63. The second-order valence-electron chi connectivity index (χ2n) is 6.28. The van der Waals surface area contributed by atoms with Crippen molar-refractivity contribution < 1.29 is 4.79 Å². The molecule has 1 heterocycles. The van der Waals surface area contributed by atoms with Crippen LogP contribution in [0, 0.1) is 0 Å². The van der Waals surface area contributed by atoms with Gasteiger partial charge in [0.15, 0.2) is 0 Å². The van der Waals surface area contributed by atoms with Crippen molar-refractivity contribution in [1.82, 2.24) is 10.6 Å². The molecule has 0 aromatic heterocycles. The zero-order valence-electron chi connectivity index (χ0n) is 13.5. The van der Waals surface area contributed by atoms with Gasteiger partial charge in [0.05, 0.1) is 6.04 Å². The third-order valence-corrected chi connectivity index (χ3v) is 4.67. The van der Waals surface area contributed by atoms with Gasteiger partial charge >= 0.3 is 6.03 Å². The highest BCUT2D eigenvalue weighted by atomic mass is 16.2. The van der Waals surface area contributed by atoms with Crippen LogP contribution < -0.4 is 10.6 Å². The number of amides is 2. The van der Waals surface area contributed by atoms with Crippen LogP contribution in [0.15, 0.2) is 77.5 Å². The van der Waals surface area contributed by atoms with Gasteiger partial charge in [-0.3, -0.25) is 0 Å². The Balaban J connectivity index is 1.77. The van der Waals surface area contributed by atoms with Gasteiger partial charge in [-0.05, 0) is 47.6 Å². The number of rotatable bonds is 2. The molecule has 2 amide bonds. The molecule has 0 saturated heterocycles. The zero-order chi connectivity index (χ0) is 16.4. The fourth-order valence-electron chi connectivity index (χ4n) is 3.57. The summed E-state index contributed by atoms with van der Waals surface area (Å²) in [6.07, 6.45) is 5.31. The van der Waals surface area contributed by atoms with Crippen LogP contribution in [0.3, 0.4) is 0 Å². The van der Waals surface area contributed by atoms with E-state index in [2.05, 4.69) is 41.0 Å². The minimum atomic E-state index is -0.122. The van der Waals surface area contributed by atoms with Gasteiger partial charge < -0.3 is 10.6 Å². The molecule has 0 saturated carbocycles. The number of urea groups is 1. The van der Waals surface area contributed by atoms with Gasteiger partial charge in [0.1, 0.15) is 0 Å². The van der Waals surface area contributed by atoms with E-state index in [0.717, 1.165) is 30.5 Å². The molecule has 0 bridgehead atoms. The number of benzene rings is 2. The molecule has 0 radical (unpaired) electrons. The van der Waals surface area contributed by atoms with Gasteiger partial charge in [-0.15, -0.1) is 0 Å². The smallest absolute Gasteiger partial charge is 0.319 e. The average molecular weight is 316 g/mol. The van der Waals surface area contributed by atoms with Gasteiger partial charge in [-0.25, -0.2) is 4.79 Å². The van der Waals surface area contributed by atoms with Gasteiger partial charge in [0.2, 0.25) is 0 Å². The highest BCUT2D eigenvalue weighted by Crippen LogP contribution is 2.38. The molecule has 0 spiro atoms. The van der Waals surface area contributed by atoms with E-state index in [-0.39, 0.29) is 12.1 Å². The summed E-state index contributed by atoms with van der Waals surface area (Å²) in [4.78, 5) is 12.2. The van der Waals surface area contributed by atoms with Crippen molar-refractivity contribution in [1.29, 1.82) is 0 Å². The molecule has 2 aliphatic rings. The molecule has 3 heteroatoms. The minimum absolute atomic E-state index is 0.0329. The molecule has 0 unspecified atom stereocenters. The predicted molar refractivity (Wildman–Crippen MR) is 96.1 cm³/mol. The third-order valence-electron chi connectivity index (χ3n) is 4.67. The number of nitrogens with one attached hydrogen (secondary N) is 2. The van der Waals surface area contributed by atoms with Crippen molar-refractivity contribution in [2.75, 3.05) is 0 Å². The van der Waals surface area contributed by atoms with Crippen LogP contribution in [-0.2, 0) is 0 Å². The first-order valence-corrected chi connectivity index (χ1v) is 8.43. The summed E-state index contributed by atoms with van der Waals surface area (Å²) in [7, 11) is 0. The van der Waals surface area contributed by atoms with Crippen molar-refractivity contribution in [3.05, 3.63) is 88.6 Å². The predicted octanol–water partition coefficient (Wildman–Crippen LogP) is 4.56. The summed E-state index contributed by atoms with van der Waals surface area (Å²) in [5, 5.41) is 6.13. The van der Waals surface area contributed by atoms with E-state index in [9.17, 15) is 4.79 Å². The number of hydrogen-bond donors (Lipinski definition) is 2. The van der Waals surface area contributed by atoms with Crippen molar-refractivity contribution in [2.24, 2.45) is 0 Å². The quantitative estimate of drug-likeness (QED) is 0.837. The molecule has 3 nitrogen and oxygen atoms in total. The Morgan fingerprint density at radius 3 is 2.38 bits per heavy atom. The van der Waals surface area contributed by atoms with E-state index in [0.29, 0.717) is 0 Å². The van der Waals surface area contributed by atoms with Crippen LogP contribution in [0.1, 0.15) is 36.4 Å². The Kier molecular flexibility index (Phi) is 3.91. The number of allylic oxidation sites excluding steroid dienone is 1. The molecular weight excluding hydrogens is 296 g/mol. The maximum absolute atomic E-state index is 12.2. The monoisotopic (exact) mass is 316 g/mol. The Bertz CT molecular complexity index is 806. The number of carbonyl (C=O) groups is 1. The highest BCUT2D eigenvalue weighted by molar-refractivity contribution is 5.81. The molecule has 24 heavy (non-hydrogen) atoms. The first-order valence-electron chi connectivity index (χ1n) is 8.43. The van der Waals surface area contributed by atoms with Crippen LogP contribution in [0.2, 0.25) is 0 Å². The lowest BCUT2D eigenvalue weighted by molar-refractivity contribution is 0.238. The molecule has 1 aliphatic carbocycles. The van der Waals surface area contributed by atoms with Crippen molar-refractivity contribution in [3.8, 4) is 0 Å². The Morgan fingerprint density at radius 2 is 1.62 bits per heavy atom. The molecule has 1 atom stereocenters. The highest BCUT2D eigenvalue weighted by Gasteiger charge is 2.31. The topological polar surface area (TPSA) is 41.1 Å². The van der Waals surface area contributed by atoms with Gasteiger partial charge in [-0.1, -0.05) is 60.7 Å². The molecule has 2 aromatic carbocycles. The first-order chi connectivity index (χ1) is 11.8. The molecule has 4 rings (SSSR count). The lowest BCUT2D eigenvalue weighted by Gasteiger charge is -2.34. The first kappa shape index (κ1) is 14.8. The van der Waals surface area contributed by atoms with E-state index in [1.807, 2.05) is 36.4 Å². The van der Waals surface area contributed by atoms with Gasteiger partial charge in [0.25, 0.3) is 0 Å². The van der Waals surface area contributed by atoms with Crippen LogP contribution in [0.5, 0.6) is 0 Å². The number of carbonyl (C=O) groups excluding carboxylic acids is 1. The summed E-state index contributed by atoms with van der Waals surface area (Å²) in [5.41, 5.74) is 5.83. The van der Waals surface area contributed by atoms with E-state index in [1.165, 1.54) is 16.7 Å². The largest absolute Gasteiger partial charge is 0.327 e. The zero-order valence-corrected chi connectivity index (χ0v) is 13.5. The summed E-state index contributed by atoms with van der Waals surface area (Å²) < 4.78 is 0. The third kappa shape index (κ3) is 2.85. The van der Waals surface area contributed by atoms with E-state index in [1.54, 1.807) is 0 Å². The molecule has 120 valence electrons. The van der Waals surface area contributed by atoms with Gasteiger partial charge in [0, 0.05) is 5.70 Å². The molecule has 0 fully saturated rings. The molecular formula is C21H20N2O. The normalized spacial score (nSPS) is 21.9. The fourth-order valence-corrected chi connectivity index (χ4v) is 3.57. The summed E-state index contributed by atoms with van der Waals surface area (Å²) in [5.74, 6) is 0. The van der Waals surface area contributed by atoms with E-state index in [4.69, 9.17) is 0 Å². The minimum Gasteiger partial charge on any atom is -0.327 e. The van der Waals surface area contributed by atoms with Crippen LogP contribution >= 0.6 is 0 Å². The summed E-state index contributed by atoms with van der Waals surface area (Å²) in [6, 6.07) is 20.3. The maximum Gasteiger partial charge on any atom is 0.319 e. The van der Waals surface area contributed by atoms with Crippen molar-refractivity contribution in [2.45, 2.75) is 25.3 Å². The second kappa shape index (κ2) is 6.36. The summed E-state index contributed by atoms with van der Waals surface area (Å²) in [6.45, 7) is 0. The number of hydrogen-bond acceptors (Lipinski definition) is 1. The van der Waals surface area contributed by atoms with Crippen molar-refractivity contribution >= 4 is 12.1 Å². The van der Waals surface area contributed by atoms with Crippen LogP contribution in [0.4, 0.5) is 4.79 Å². The van der Waals surface area contributed by atoms with Crippen LogP contribution in [-0.4, -0.2) is 6.03 Å². The Morgan fingerprint density at radius 1 is 0.917 bits per heavy atom. The van der Waals surface area contributed by atoms with E-state index >= 15 is 0 Å². The maximum atomic E-state index is 12.2. The fraction of sp³-hybridized carbons (Fsp3) is 0.190. The lowest BCUT2D eigenvalue weighted by Crippen LogP contribution is -2.45.